The number of carbonyl (C=O) groups is 9. The van der Waals surface area contributed by atoms with Crippen LogP contribution >= 0.6 is 35.7 Å². The summed E-state index contributed by atoms with van der Waals surface area (Å²) >= 11 is 7.04. The molecule has 74 heavy (non-hydrogen) atoms. The number of ether oxygens (including phenoxy) is 7. The lowest BCUT2D eigenvalue weighted by Gasteiger charge is -2.52. The number of aliphatic hydroxyl groups excluding tert-OH is 3. The van der Waals surface area contributed by atoms with E-state index in [0.29, 0.717) is 6.42 Å². The predicted octanol–water partition coefficient (Wildman–Crippen LogP) is -1.27. The van der Waals surface area contributed by atoms with Crippen LogP contribution in [0.5, 0.6) is 0 Å². The first-order chi connectivity index (χ1) is 34.4. The molecule has 416 valence electrons. The van der Waals surface area contributed by atoms with Gasteiger partial charge in [-0.05, 0) is 20.3 Å². The van der Waals surface area contributed by atoms with Crippen LogP contribution in [0.2, 0.25) is 0 Å². The smallest absolute Gasteiger partial charge is 0.341 e. The molecule has 15 unspecified atom stereocenters. The number of carbonyl (C=O) groups excluding carboxylic acids is 6. The molecule has 0 aromatic carbocycles. The number of nitrogens with one attached hydrogen (secondary N) is 4. The van der Waals surface area contributed by atoms with Crippen molar-refractivity contribution in [3.05, 3.63) is 11.3 Å². The van der Waals surface area contributed by atoms with Gasteiger partial charge in [-0.15, -0.1) is 0 Å². The number of Topliss-reactive ketones (excluding diaryl/α,β-unsaturated/α-hetero) is 1. The number of hydrogen-bond donors (Lipinski definition) is 11. The monoisotopic (exact) mass is 1110 g/mol. The highest BCUT2D eigenvalue weighted by molar-refractivity contribution is 8.23. The van der Waals surface area contributed by atoms with Crippen LogP contribution < -0.4 is 16.0 Å². The molecule has 0 spiro atoms. The van der Waals surface area contributed by atoms with Gasteiger partial charge in [-0.25, -0.2) is 19.2 Å². The number of thioether (sulfide) groups is 2. The summed E-state index contributed by atoms with van der Waals surface area (Å²) in [6, 6.07) is -4.31. The van der Waals surface area contributed by atoms with E-state index in [1.807, 2.05) is 0 Å². The molecule has 27 nitrogen and oxygen atoms in total. The van der Waals surface area contributed by atoms with Gasteiger partial charge in [0.05, 0.1) is 12.3 Å². The van der Waals surface area contributed by atoms with Crippen molar-refractivity contribution in [2.24, 2.45) is 5.92 Å². The van der Waals surface area contributed by atoms with E-state index in [1.54, 1.807) is 13.8 Å². The van der Waals surface area contributed by atoms with Gasteiger partial charge >= 0.3 is 35.8 Å². The van der Waals surface area contributed by atoms with Gasteiger partial charge < -0.3 is 84.9 Å². The molecule has 0 bridgehead atoms. The molecule has 3 aliphatic rings. The van der Waals surface area contributed by atoms with Crippen molar-refractivity contribution in [1.82, 2.24) is 16.0 Å². The molecule has 2 amide bonds. The number of aliphatic carboxylic acids is 3. The summed E-state index contributed by atoms with van der Waals surface area (Å²) in [5, 5.41) is 89.8. The minimum atomic E-state index is -3.07. The maximum atomic E-state index is 14.4. The Bertz CT molecular complexity index is 2200. The lowest BCUT2D eigenvalue weighted by atomic mass is 9.74. The quantitative estimate of drug-likeness (QED) is 0.0305. The van der Waals surface area contributed by atoms with E-state index in [2.05, 4.69) is 16.0 Å². The first-order valence-corrected chi connectivity index (χ1v) is 25.3. The minimum Gasteiger partial charge on any atom is -0.508 e. The Balaban J connectivity index is 2.00. The van der Waals surface area contributed by atoms with E-state index < -0.39 is 191 Å². The van der Waals surface area contributed by atoms with E-state index in [4.69, 9.17) is 50.8 Å². The van der Waals surface area contributed by atoms with Gasteiger partial charge in [0.2, 0.25) is 17.4 Å². The van der Waals surface area contributed by atoms with Crippen LogP contribution in [-0.2, 0) is 76.3 Å². The Kier molecular flexibility index (Phi) is 23.2. The number of carboxylic acids is 3. The Morgan fingerprint density at radius 3 is 2.04 bits per heavy atom. The van der Waals surface area contributed by atoms with Crippen molar-refractivity contribution in [2.75, 3.05) is 25.2 Å². The van der Waals surface area contributed by atoms with Crippen molar-refractivity contribution in [2.45, 2.75) is 164 Å². The molecule has 0 aromatic rings. The molecule has 30 heteroatoms. The average molecular weight is 1110 g/mol. The molecule has 11 N–H and O–H groups in total. The van der Waals surface area contributed by atoms with Crippen molar-refractivity contribution in [3.8, 4) is 0 Å². The summed E-state index contributed by atoms with van der Waals surface area (Å²) in [5.74, 6) is -12.8. The molecule has 2 aliphatic heterocycles. The van der Waals surface area contributed by atoms with Gasteiger partial charge in [0, 0.05) is 51.1 Å². The van der Waals surface area contributed by atoms with Crippen LogP contribution in [0.3, 0.4) is 0 Å². The number of carboxylic acid groups (broad SMARTS) is 3. The van der Waals surface area contributed by atoms with Crippen LogP contribution in [-0.4, -0.2) is 214 Å². The largest absolute Gasteiger partial charge is 0.508 e. The molecule has 1 aliphatic carbocycles. The van der Waals surface area contributed by atoms with Crippen molar-refractivity contribution in [1.29, 1.82) is 5.41 Å². The fourth-order valence-corrected chi connectivity index (χ4v) is 10.4. The number of methoxy groups -OCH3 is 1. The van der Waals surface area contributed by atoms with Gasteiger partial charge in [-0.2, -0.15) is 11.8 Å². The molecular weight excluding hydrogens is 1050 g/mol. The summed E-state index contributed by atoms with van der Waals surface area (Å²) in [5.41, 5.74) is -7.68. The fraction of sp³-hybridized carbons (Fsp3) is 0.705. The third-order valence-corrected chi connectivity index (χ3v) is 15.1. The van der Waals surface area contributed by atoms with E-state index in [0.717, 1.165) is 44.3 Å². The van der Waals surface area contributed by atoms with Gasteiger partial charge in [0.1, 0.15) is 94.9 Å². The Labute approximate surface area is 437 Å². The first-order valence-electron chi connectivity index (χ1n) is 22.9. The maximum absolute atomic E-state index is 14.4. The normalized spacial score (nSPS) is 29.5. The number of amides is 2. The summed E-state index contributed by atoms with van der Waals surface area (Å²) < 4.78 is 40.9. The highest BCUT2D eigenvalue weighted by Gasteiger charge is 2.62. The zero-order valence-electron chi connectivity index (χ0n) is 41.7. The molecule has 2 fully saturated rings. The van der Waals surface area contributed by atoms with E-state index in [-0.39, 0.29) is 10.1 Å². The third-order valence-electron chi connectivity index (χ3n) is 12.4. The highest BCUT2D eigenvalue weighted by atomic mass is 32.2. The molecule has 2 saturated heterocycles. The number of ketones is 1. The zero-order valence-corrected chi connectivity index (χ0v) is 44.2. The molecule has 2 heterocycles. The number of aliphatic hydroxyl groups is 4. The number of esters is 3. The van der Waals surface area contributed by atoms with Gasteiger partial charge in [-0.1, -0.05) is 44.8 Å². The Morgan fingerprint density at radius 2 is 1.51 bits per heavy atom. The van der Waals surface area contributed by atoms with Crippen molar-refractivity contribution in [3.63, 3.8) is 0 Å². The summed E-state index contributed by atoms with van der Waals surface area (Å²) in [6.45, 7) is 9.94. The molecule has 0 radical (unpaired) electrons. The highest BCUT2D eigenvalue weighted by Crippen LogP contribution is 2.43. The topological polar surface area (TPSA) is 420 Å². The van der Waals surface area contributed by atoms with Crippen molar-refractivity contribution < 1.29 is 112 Å². The third kappa shape index (κ3) is 15.3. The van der Waals surface area contributed by atoms with Crippen LogP contribution in [0.15, 0.2) is 11.3 Å². The average Bonchev–Trinajstić information content (AvgIpc) is 3.30. The van der Waals surface area contributed by atoms with E-state index in [9.17, 15) is 78.9 Å². The van der Waals surface area contributed by atoms with Crippen LogP contribution in [0, 0.1) is 11.3 Å². The SMILES string of the molecule is CCC(C)C(=O)OC(C)[C@@]1(OC(=O)C(CSC(=S)NC(C(=O)O)C(C)SCC(NC(C)=O)C(=O)O)NC(C)=O)C(C)OC(OC2C(O)C(COC(C)=O)OC(C3(O)CC(=O)C(=N)C(C(=O)O)=C3O)C2O)CC1OC. The summed E-state index contributed by atoms with van der Waals surface area (Å²) in [6.07, 6.45) is -17.4. The van der Waals surface area contributed by atoms with Crippen LogP contribution in [0.4, 0.5) is 0 Å². The minimum absolute atomic E-state index is 0.176. The number of hydrogen-bond acceptors (Lipinski definition) is 24. The molecule has 3 rings (SSSR count). The summed E-state index contributed by atoms with van der Waals surface area (Å²) in [7, 11) is 1.18. The maximum Gasteiger partial charge on any atom is 0.341 e. The Morgan fingerprint density at radius 1 is 0.905 bits per heavy atom. The summed E-state index contributed by atoms with van der Waals surface area (Å²) in [4.78, 5) is 113. The van der Waals surface area contributed by atoms with Gasteiger partial charge in [0.25, 0.3) is 0 Å². The molecule has 16 atom stereocenters. The fourth-order valence-electron chi connectivity index (χ4n) is 8.22. The van der Waals surface area contributed by atoms with Gasteiger partial charge in [-0.3, -0.25) is 29.4 Å². The first kappa shape index (κ1) is 63.2. The number of rotatable bonds is 24. The van der Waals surface area contributed by atoms with Crippen LogP contribution in [0.25, 0.3) is 0 Å². The lowest BCUT2D eigenvalue weighted by Crippen LogP contribution is -2.70. The lowest BCUT2D eigenvalue weighted by molar-refractivity contribution is -0.346. The molecule has 0 saturated carbocycles. The van der Waals surface area contributed by atoms with E-state index >= 15 is 0 Å². The number of thiocarbonyl (C=S) groups is 1. The predicted molar refractivity (Wildman–Crippen MR) is 260 cm³/mol. The second kappa shape index (κ2) is 27.1. The standard InChI is InChI=1S/C44H64N4O23S3/c1-10-16(2)40(62)68-19(5)44(71-41(63)24(47-21(7)50)15-74-42(72)48-31(39(60)61)17(3)73-14-23(37(56)57)46-20(6)49)18(4)67-28(11-27(44)65-9)70-34-32(53)26(13-66-22(8)51)69-36(33(34)54)43(64)12-25(52)30(45)29(35(43)55)38(58)59/h16-19,23-24,26-28,31-34,36,45,53-55,64H,10-15H2,1-9H3,(H,46,49)(H,47,50)(H,48,72)(H,56,57)(H,58,59)(H,60,61)/t16?,17?,18?,19?,23?,24?,26?,27?,28?,31?,32?,33?,34?,36?,43?,44-/m0/s1. The van der Waals surface area contributed by atoms with E-state index in [1.165, 1.54) is 27.9 Å². The van der Waals surface area contributed by atoms with Gasteiger partial charge in [0.15, 0.2) is 17.7 Å². The Hall–Kier alpha value is -5.05. The van der Waals surface area contributed by atoms with Crippen molar-refractivity contribution >= 4 is 99.2 Å². The zero-order chi connectivity index (χ0) is 56.3. The second-order valence-electron chi connectivity index (χ2n) is 17.7. The molecule has 0 aromatic heterocycles. The second-order valence-corrected chi connectivity index (χ2v) is 20.8. The van der Waals surface area contributed by atoms with Crippen LogP contribution in [0.1, 0.15) is 74.7 Å². The molecular formula is C44H64N4O23S3.